The maximum atomic E-state index is 14.1. The summed E-state index contributed by atoms with van der Waals surface area (Å²) < 4.78 is 45.6. The molecule has 43 heavy (non-hydrogen) atoms. The van der Waals surface area contributed by atoms with E-state index >= 15 is 0 Å². The van der Waals surface area contributed by atoms with Gasteiger partial charge < -0.3 is 15.0 Å². The van der Waals surface area contributed by atoms with E-state index in [1.807, 2.05) is 18.2 Å². The van der Waals surface area contributed by atoms with Crippen molar-refractivity contribution < 1.29 is 27.1 Å². The van der Waals surface area contributed by atoms with Gasteiger partial charge in [0.25, 0.3) is 0 Å². The van der Waals surface area contributed by atoms with Crippen molar-refractivity contribution in [3.63, 3.8) is 0 Å². The maximum absolute atomic E-state index is 14.1. The summed E-state index contributed by atoms with van der Waals surface area (Å²) in [5, 5.41) is 2.92. The van der Waals surface area contributed by atoms with Gasteiger partial charge in [-0.05, 0) is 46.5 Å². The highest BCUT2D eigenvalue weighted by Gasteiger charge is 2.33. The molecule has 0 heterocycles. The van der Waals surface area contributed by atoms with E-state index < -0.39 is 40.2 Å². The fourth-order valence-electron chi connectivity index (χ4n) is 4.57. The molecule has 0 fully saturated rings. The Kier molecular flexibility index (Phi) is 10.6. The van der Waals surface area contributed by atoms with Crippen molar-refractivity contribution in [2.24, 2.45) is 0 Å². The van der Waals surface area contributed by atoms with Crippen molar-refractivity contribution in [1.82, 2.24) is 14.5 Å². The predicted octanol–water partition coefficient (Wildman–Crippen LogP) is 4.68. The van der Waals surface area contributed by atoms with Crippen LogP contribution in [0.5, 0.6) is 5.75 Å². The molecular formula is C33H34FN3O5S. The lowest BCUT2D eigenvalue weighted by atomic mass is 10.0. The van der Waals surface area contributed by atoms with Gasteiger partial charge in [-0.15, -0.1) is 0 Å². The molecular weight excluding hydrogens is 569 g/mol. The van der Waals surface area contributed by atoms with E-state index in [2.05, 4.69) is 5.32 Å². The molecule has 0 aliphatic rings. The number of methoxy groups -OCH3 is 1. The molecule has 0 aliphatic heterocycles. The summed E-state index contributed by atoms with van der Waals surface area (Å²) in [4.78, 5) is 29.3. The van der Waals surface area contributed by atoms with Crippen molar-refractivity contribution in [2.75, 3.05) is 19.9 Å². The minimum Gasteiger partial charge on any atom is -0.497 e. The van der Waals surface area contributed by atoms with E-state index in [9.17, 15) is 22.4 Å². The van der Waals surface area contributed by atoms with Crippen LogP contribution in [0.3, 0.4) is 0 Å². The second-order valence-corrected chi connectivity index (χ2v) is 12.0. The first-order valence-corrected chi connectivity index (χ1v) is 15.5. The fourth-order valence-corrected chi connectivity index (χ4v) is 5.30. The quantitative estimate of drug-likeness (QED) is 0.240. The summed E-state index contributed by atoms with van der Waals surface area (Å²) in [6.07, 6.45) is 1.05. The molecule has 1 N–H and O–H groups in total. The Balaban J connectivity index is 1.68. The van der Waals surface area contributed by atoms with Gasteiger partial charge in [0, 0.05) is 19.6 Å². The summed E-state index contributed by atoms with van der Waals surface area (Å²) in [6, 6.07) is 29.5. The fraction of sp³-hybridized carbons (Fsp3) is 0.212. The van der Waals surface area contributed by atoms with Gasteiger partial charge in [-0.25, -0.2) is 12.8 Å². The standard InChI is InChI=1S/C33H34FN3O5S/c1-42-30-19-15-25(16-20-30)21-35-33(39)32(28-11-7-4-8-12-28)37(23-27-13-17-29(34)18-14-27)31(38)24-36(43(2,40)41)22-26-9-5-3-6-10-26/h3-20,32H,21-24H2,1-2H3,(H,35,39)/t32-/m1/s1. The van der Waals surface area contributed by atoms with E-state index in [0.29, 0.717) is 22.4 Å². The number of ether oxygens (including phenoxy) is 1. The van der Waals surface area contributed by atoms with Crippen LogP contribution in [0.2, 0.25) is 0 Å². The number of hydrogen-bond acceptors (Lipinski definition) is 5. The van der Waals surface area contributed by atoms with Crippen LogP contribution in [0, 0.1) is 5.82 Å². The number of rotatable bonds is 13. The molecule has 0 aromatic heterocycles. The van der Waals surface area contributed by atoms with Crippen LogP contribution in [-0.2, 0) is 39.2 Å². The smallest absolute Gasteiger partial charge is 0.247 e. The van der Waals surface area contributed by atoms with Gasteiger partial charge in [0.2, 0.25) is 21.8 Å². The Bertz CT molecular complexity index is 1600. The Morgan fingerprint density at radius 2 is 1.35 bits per heavy atom. The Hall–Kier alpha value is -4.54. The molecule has 224 valence electrons. The van der Waals surface area contributed by atoms with Crippen molar-refractivity contribution in [3.05, 3.63) is 137 Å². The molecule has 0 aliphatic carbocycles. The first kappa shape index (κ1) is 31.4. The summed E-state index contributed by atoms with van der Waals surface area (Å²) in [5.74, 6) is -0.797. The molecule has 0 saturated carbocycles. The van der Waals surface area contributed by atoms with Gasteiger partial charge in [-0.2, -0.15) is 4.31 Å². The largest absolute Gasteiger partial charge is 0.497 e. The Morgan fingerprint density at radius 1 is 0.791 bits per heavy atom. The third-order valence-corrected chi connectivity index (χ3v) is 8.07. The number of amides is 2. The molecule has 4 rings (SSSR count). The highest BCUT2D eigenvalue weighted by atomic mass is 32.2. The first-order valence-electron chi connectivity index (χ1n) is 13.6. The summed E-state index contributed by atoms with van der Waals surface area (Å²) in [5.41, 5.74) is 2.65. The predicted molar refractivity (Wildman–Crippen MR) is 163 cm³/mol. The van der Waals surface area contributed by atoms with E-state index in [1.54, 1.807) is 73.8 Å². The number of nitrogens with one attached hydrogen (secondary N) is 1. The maximum Gasteiger partial charge on any atom is 0.247 e. The van der Waals surface area contributed by atoms with Crippen LogP contribution in [-0.4, -0.2) is 49.3 Å². The Morgan fingerprint density at radius 3 is 1.93 bits per heavy atom. The molecule has 0 radical (unpaired) electrons. The number of sulfonamides is 1. The highest BCUT2D eigenvalue weighted by molar-refractivity contribution is 7.88. The highest BCUT2D eigenvalue weighted by Crippen LogP contribution is 2.25. The summed E-state index contributed by atoms with van der Waals surface area (Å²) in [6.45, 7) is -0.384. The average molecular weight is 604 g/mol. The first-order chi connectivity index (χ1) is 20.6. The molecule has 4 aromatic carbocycles. The zero-order valence-corrected chi connectivity index (χ0v) is 24.8. The van der Waals surface area contributed by atoms with E-state index in [-0.39, 0.29) is 19.6 Å². The van der Waals surface area contributed by atoms with Gasteiger partial charge >= 0.3 is 0 Å². The SMILES string of the molecule is COc1ccc(CNC(=O)[C@@H](c2ccccc2)N(Cc2ccc(F)cc2)C(=O)CN(Cc2ccccc2)S(C)(=O)=O)cc1. The third kappa shape index (κ3) is 8.97. The van der Waals surface area contributed by atoms with E-state index in [1.165, 1.54) is 29.2 Å². The molecule has 8 nitrogen and oxygen atoms in total. The van der Waals surface area contributed by atoms with Crippen molar-refractivity contribution >= 4 is 21.8 Å². The van der Waals surface area contributed by atoms with Gasteiger partial charge in [0.15, 0.2) is 0 Å². The number of nitrogens with zero attached hydrogens (tertiary/aromatic N) is 2. The molecule has 0 unspecified atom stereocenters. The number of carbonyl (C=O) groups excluding carboxylic acids is 2. The molecule has 0 saturated heterocycles. The number of benzene rings is 4. The minimum atomic E-state index is -3.81. The van der Waals surface area contributed by atoms with Crippen molar-refractivity contribution in [1.29, 1.82) is 0 Å². The second-order valence-electron chi connectivity index (χ2n) is 10.0. The summed E-state index contributed by atoms with van der Waals surface area (Å²) >= 11 is 0. The monoisotopic (exact) mass is 603 g/mol. The van der Waals surface area contributed by atoms with Crippen LogP contribution in [0.15, 0.2) is 109 Å². The van der Waals surface area contributed by atoms with Gasteiger partial charge in [0.05, 0.1) is 19.9 Å². The van der Waals surface area contributed by atoms with Crippen molar-refractivity contribution in [3.8, 4) is 5.75 Å². The molecule has 4 aromatic rings. The second kappa shape index (κ2) is 14.6. The lowest BCUT2D eigenvalue weighted by Crippen LogP contribution is -2.47. The zero-order valence-electron chi connectivity index (χ0n) is 24.0. The number of halogens is 1. The number of carbonyl (C=O) groups is 2. The number of hydrogen-bond donors (Lipinski definition) is 1. The lowest BCUT2D eigenvalue weighted by molar-refractivity contribution is -0.141. The molecule has 0 bridgehead atoms. The van der Waals surface area contributed by atoms with Gasteiger partial charge in [-0.1, -0.05) is 84.9 Å². The molecule has 10 heteroatoms. The molecule has 1 atom stereocenters. The van der Waals surface area contributed by atoms with Gasteiger partial charge in [0.1, 0.15) is 17.6 Å². The topological polar surface area (TPSA) is 96.0 Å². The van der Waals surface area contributed by atoms with Crippen molar-refractivity contribution in [2.45, 2.75) is 25.7 Å². The molecule has 2 amide bonds. The van der Waals surface area contributed by atoms with Gasteiger partial charge in [-0.3, -0.25) is 9.59 Å². The normalized spacial score (nSPS) is 12.0. The average Bonchev–Trinajstić information content (AvgIpc) is 3.01. The zero-order chi connectivity index (χ0) is 30.8. The van der Waals surface area contributed by atoms with E-state index in [4.69, 9.17) is 4.74 Å². The molecule has 0 spiro atoms. The summed E-state index contributed by atoms with van der Waals surface area (Å²) in [7, 11) is -2.24. The van der Waals surface area contributed by atoms with Crippen LogP contribution in [0.4, 0.5) is 4.39 Å². The Labute approximate surface area is 251 Å². The minimum absolute atomic E-state index is 0.0184. The van der Waals surface area contributed by atoms with Crippen LogP contribution in [0.1, 0.15) is 28.3 Å². The van der Waals surface area contributed by atoms with E-state index in [0.717, 1.165) is 16.1 Å². The van der Waals surface area contributed by atoms with Crippen LogP contribution >= 0.6 is 0 Å². The van der Waals surface area contributed by atoms with Crippen LogP contribution < -0.4 is 10.1 Å². The third-order valence-electron chi connectivity index (χ3n) is 6.87. The van der Waals surface area contributed by atoms with Crippen LogP contribution in [0.25, 0.3) is 0 Å². The lowest BCUT2D eigenvalue weighted by Gasteiger charge is -2.33.